The second-order valence-corrected chi connectivity index (χ2v) is 8.49. The number of hydrogen-bond acceptors (Lipinski definition) is 7. The maximum Gasteiger partial charge on any atom is 0.269 e. The highest BCUT2D eigenvalue weighted by atomic mass is 16.6. The molecule has 0 aliphatic heterocycles. The van der Waals surface area contributed by atoms with E-state index in [4.69, 9.17) is 4.74 Å². The Kier molecular flexibility index (Phi) is 8.93. The minimum absolute atomic E-state index is 0.0252. The second-order valence-electron chi connectivity index (χ2n) is 8.49. The Morgan fingerprint density at radius 3 is 1.22 bits per heavy atom. The molecule has 0 saturated heterocycles. The number of nitro groups is 2. The molecule has 4 aromatic rings. The number of nitrogens with zero attached hydrogens (tertiary/aromatic N) is 2. The van der Waals surface area contributed by atoms with Gasteiger partial charge in [0, 0.05) is 47.8 Å². The van der Waals surface area contributed by atoms with Crippen molar-refractivity contribution in [2.75, 3.05) is 10.6 Å². The summed E-state index contributed by atoms with van der Waals surface area (Å²) in [6.45, 7) is 0. The van der Waals surface area contributed by atoms with Gasteiger partial charge in [-0.1, -0.05) is 0 Å². The van der Waals surface area contributed by atoms with Gasteiger partial charge < -0.3 is 15.4 Å². The highest BCUT2D eigenvalue weighted by Gasteiger charge is 2.05. The topological polar surface area (TPSA) is 154 Å². The minimum atomic E-state index is -0.489. The summed E-state index contributed by atoms with van der Waals surface area (Å²) in [5.41, 5.74) is 2.36. The van der Waals surface area contributed by atoms with Crippen LogP contribution in [0.5, 0.6) is 11.5 Å². The van der Waals surface area contributed by atoms with Gasteiger partial charge in [0.25, 0.3) is 11.4 Å². The van der Waals surface area contributed by atoms with Crippen molar-refractivity contribution in [2.24, 2.45) is 0 Å². The fraction of sp³-hybridized carbons (Fsp3) is 0. The lowest BCUT2D eigenvalue weighted by atomic mass is 10.2. The fourth-order valence-electron chi connectivity index (χ4n) is 3.47. The molecule has 2 amide bonds. The highest BCUT2D eigenvalue weighted by Crippen LogP contribution is 2.25. The lowest BCUT2D eigenvalue weighted by Gasteiger charge is -2.08. The third kappa shape index (κ3) is 8.45. The molecule has 2 N–H and O–H groups in total. The predicted octanol–water partition coefficient (Wildman–Crippen LogP) is 6.60. The van der Waals surface area contributed by atoms with Crippen molar-refractivity contribution in [3.63, 3.8) is 0 Å². The number of carbonyl (C=O) groups excluding carboxylic acids is 2. The predicted molar refractivity (Wildman–Crippen MR) is 154 cm³/mol. The van der Waals surface area contributed by atoms with Gasteiger partial charge in [0.1, 0.15) is 11.5 Å². The summed E-state index contributed by atoms with van der Waals surface area (Å²) in [5.74, 6) is 0.342. The largest absolute Gasteiger partial charge is 0.457 e. The first-order chi connectivity index (χ1) is 19.7. The molecule has 0 aliphatic carbocycles. The molecule has 0 bridgehead atoms. The van der Waals surface area contributed by atoms with Crippen LogP contribution in [0.2, 0.25) is 0 Å². The van der Waals surface area contributed by atoms with E-state index >= 15 is 0 Å². The number of rotatable bonds is 10. The number of carbonyl (C=O) groups is 2. The number of non-ortho nitro benzene ring substituents is 2. The molecule has 0 saturated carbocycles. The van der Waals surface area contributed by atoms with Crippen LogP contribution in [0, 0.1) is 20.2 Å². The first kappa shape index (κ1) is 27.9. The van der Waals surface area contributed by atoms with E-state index < -0.39 is 9.85 Å². The Bertz CT molecular complexity index is 1490. The van der Waals surface area contributed by atoms with E-state index in [2.05, 4.69) is 10.6 Å². The van der Waals surface area contributed by atoms with Gasteiger partial charge in [0.2, 0.25) is 11.8 Å². The summed E-state index contributed by atoms with van der Waals surface area (Å²) >= 11 is 0. The summed E-state index contributed by atoms with van der Waals surface area (Å²) in [7, 11) is 0. The molecule has 0 radical (unpaired) electrons. The van der Waals surface area contributed by atoms with Crippen molar-refractivity contribution in [3.05, 3.63) is 141 Å². The zero-order valence-corrected chi connectivity index (χ0v) is 21.3. The molecule has 204 valence electrons. The Morgan fingerprint density at radius 1 is 0.561 bits per heavy atom. The maximum atomic E-state index is 12.2. The molecule has 4 rings (SSSR count). The molecule has 0 atom stereocenters. The molecule has 0 aliphatic rings. The average molecular weight is 551 g/mol. The van der Waals surface area contributed by atoms with E-state index in [1.54, 1.807) is 84.9 Å². The zero-order chi connectivity index (χ0) is 29.2. The van der Waals surface area contributed by atoms with Gasteiger partial charge in [-0.2, -0.15) is 0 Å². The number of ether oxygens (including phenoxy) is 1. The molecule has 11 nitrogen and oxygen atoms in total. The number of benzene rings is 4. The normalized spacial score (nSPS) is 10.8. The molecule has 0 fully saturated rings. The van der Waals surface area contributed by atoms with Crippen molar-refractivity contribution < 1.29 is 24.2 Å². The molecule has 0 heterocycles. The van der Waals surface area contributed by atoms with Crippen molar-refractivity contribution in [3.8, 4) is 11.5 Å². The van der Waals surface area contributed by atoms with Gasteiger partial charge in [0.05, 0.1) is 9.85 Å². The van der Waals surface area contributed by atoms with Crippen LogP contribution in [0.15, 0.2) is 109 Å². The minimum Gasteiger partial charge on any atom is -0.457 e. The molecule has 4 aromatic carbocycles. The number of amides is 2. The van der Waals surface area contributed by atoms with E-state index in [0.717, 1.165) is 0 Å². The van der Waals surface area contributed by atoms with Crippen LogP contribution in [0.4, 0.5) is 22.7 Å². The lowest BCUT2D eigenvalue weighted by Crippen LogP contribution is -2.07. The van der Waals surface area contributed by atoms with E-state index in [1.807, 2.05) is 0 Å². The van der Waals surface area contributed by atoms with Crippen LogP contribution in [0.3, 0.4) is 0 Å². The van der Waals surface area contributed by atoms with Crippen molar-refractivity contribution >= 4 is 46.7 Å². The highest BCUT2D eigenvalue weighted by molar-refractivity contribution is 6.02. The number of nitro benzene ring substituents is 2. The first-order valence-electron chi connectivity index (χ1n) is 12.1. The Balaban J connectivity index is 1.25. The Morgan fingerprint density at radius 2 is 0.902 bits per heavy atom. The van der Waals surface area contributed by atoms with Crippen molar-refractivity contribution in [1.82, 2.24) is 0 Å². The second kappa shape index (κ2) is 13.1. The summed E-state index contributed by atoms with van der Waals surface area (Å²) in [5, 5.41) is 26.9. The first-order valence-corrected chi connectivity index (χ1v) is 12.1. The molecule has 0 aromatic heterocycles. The number of nitrogens with one attached hydrogen (secondary N) is 2. The van der Waals surface area contributed by atoms with E-state index in [0.29, 0.717) is 34.0 Å². The summed E-state index contributed by atoms with van der Waals surface area (Å²) in [6.07, 6.45) is 5.77. The van der Waals surface area contributed by atoms with Gasteiger partial charge in [-0.05, 0) is 96.1 Å². The van der Waals surface area contributed by atoms with Crippen LogP contribution < -0.4 is 15.4 Å². The third-order valence-electron chi connectivity index (χ3n) is 5.54. The van der Waals surface area contributed by atoms with Gasteiger partial charge in [-0.25, -0.2) is 0 Å². The van der Waals surface area contributed by atoms with Crippen LogP contribution in [0.1, 0.15) is 11.1 Å². The van der Waals surface area contributed by atoms with Crippen LogP contribution in [-0.2, 0) is 9.59 Å². The number of hydrogen-bond donors (Lipinski definition) is 2. The molecule has 0 spiro atoms. The average Bonchev–Trinajstić information content (AvgIpc) is 2.97. The smallest absolute Gasteiger partial charge is 0.269 e. The summed E-state index contributed by atoms with van der Waals surface area (Å²) in [4.78, 5) is 44.9. The third-order valence-corrected chi connectivity index (χ3v) is 5.54. The quantitative estimate of drug-likeness (QED) is 0.128. The van der Waals surface area contributed by atoms with Crippen molar-refractivity contribution in [1.29, 1.82) is 0 Å². The molecular formula is C30H22N4O7. The molecule has 41 heavy (non-hydrogen) atoms. The standard InChI is InChI=1S/C30H22N4O7/c35-29(19-5-21-1-11-25(12-2-21)33(37)38)31-23-7-15-27(16-8-23)41-28-17-9-24(10-18-28)32-30(36)20-6-22-3-13-26(14-4-22)34(39)40/h1-20H,(H,31,35)(H,32,36)/b19-5+,20-6+. The van der Waals surface area contributed by atoms with Gasteiger partial charge in [0.15, 0.2) is 0 Å². The molecule has 11 heteroatoms. The van der Waals surface area contributed by atoms with Gasteiger partial charge in [-0.15, -0.1) is 0 Å². The number of anilines is 2. The Labute approximate surface area is 233 Å². The van der Waals surface area contributed by atoms with E-state index in [-0.39, 0.29) is 23.2 Å². The lowest BCUT2D eigenvalue weighted by molar-refractivity contribution is -0.385. The summed E-state index contributed by atoms with van der Waals surface area (Å²) in [6, 6.07) is 25.1. The fourth-order valence-corrected chi connectivity index (χ4v) is 3.47. The zero-order valence-electron chi connectivity index (χ0n) is 21.3. The van der Waals surface area contributed by atoms with E-state index in [1.165, 1.54) is 36.4 Å². The van der Waals surface area contributed by atoms with Crippen molar-refractivity contribution in [2.45, 2.75) is 0 Å². The van der Waals surface area contributed by atoms with Gasteiger partial charge in [-0.3, -0.25) is 29.8 Å². The Hall–Kier alpha value is -6.10. The molecule has 0 unspecified atom stereocenters. The van der Waals surface area contributed by atoms with Crippen LogP contribution in [0.25, 0.3) is 12.2 Å². The van der Waals surface area contributed by atoms with Crippen LogP contribution in [-0.4, -0.2) is 21.7 Å². The summed E-state index contributed by atoms with van der Waals surface area (Å²) < 4.78 is 5.81. The SMILES string of the molecule is O=C(/C=C/c1ccc([N+](=O)[O-])cc1)Nc1ccc(Oc2ccc(NC(=O)/C=C/c3ccc([N+](=O)[O-])cc3)cc2)cc1. The van der Waals surface area contributed by atoms with Gasteiger partial charge >= 0.3 is 0 Å². The monoisotopic (exact) mass is 550 g/mol. The van der Waals surface area contributed by atoms with Crippen LogP contribution >= 0.6 is 0 Å². The maximum absolute atomic E-state index is 12.2. The van der Waals surface area contributed by atoms with E-state index in [9.17, 15) is 29.8 Å². The molecular weight excluding hydrogens is 528 g/mol.